The van der Waals surface area contributed by atoms with Crippen LogP contribution < -0.4 is 5.32 Å². The number of hydrogen-bond donors (Lipinski definition) is 1. The second-order valence-electron chi connectivity index (χ2n) is 5.92. The molecule has 18 heavy (non-hydrogen) atoms. The molecule has 0 radical (unpaired) electrons. The molecular formula is C14H27N3O. The summed E-state index contributed by atoms with van der Waals surface area (Å²) in [4.78, 5) is 16.8. The zero-order chi connectivity index (χ0) is 13.0. The Labute approximate surface area is 111 Å². The van der Waals surface area contributed by atoms with Crippen LogP contribution >= 0.6 is 0 Å². The number of carbonyl (C=O) groups excluding carboxylic acids is 1. The van der Waals surface area contributed by atoms with E-state index in [0.29, 0.717) is 24.4 Å². The minimum Gasteiger partial charge on any atom is -0.338 e. The Bertz CT molecular complexity index is 272. The first kappa shape index (κ1) is 13.8. The molecule has 0 aromatic heterocycles. The van der Waals surface area contributed by atoms with E-state index >= 15 is 0 Å². The Hall–Kier alpha value is -0.610. The van der Waals surface area contributed by atoms with E-state index in [9.17, 15) is 4.79 Å². The van der Waals surface area contributed by atoms with E-state index in [1.165, 1.54) is 12.8 Å². The van der Waals surface area contributed by atoms with Gasteiger partial charge in [0, 0.05) is 25.7 Å². The van der Waals surface area contributed by atoms with Crippen LogP contribution in [0.3, 0.4) is 0 Å². The summed E-state index contributed by atoms with van der Waals surface area (Å²) in [5.74, 6) is 0.926. The van der Waals surface area contributed by atoms with Crippen molar-refractivity contribution in [3.63, 3.8) is 0 Å². The largest absolute Gasteiger partial charge is 0.338 e. The Balaban J connectivity index is 1.86. The molecule has 0 saturated carbocycles. The van der Waals surface area contributed by atoms with Crippen molar-refractivity contribution in [3.8, 4) is 0 Å². The van der Waals surface area contributed by atoms with E-state index in [4.69, 9.17) is 0 Å². The van der Waals surface area contributed by atoms with Gasteiger partial charge in [0.15, 0.2) is 0 Å². The van der Waals surface area contributed by atoms with E-state index in [1.807, 2.05) is 0 Å². The van der Waals surface area contributed by atoms with Crippen molar-refractivity contribution in [3.05, 3.63) is 0 Å². The number of hydrogen-bond acceptors (Lipinski definition) is 3. The van der Waals surface area contributed by atoms with Crippen molar-refractivity contribution in [2.24, 2.45) is 5.92 Å². The van der Waals surface area contributed by atoms with Gasteiger partial charge in [0.25, 0.3) is 0 Å². The number of amides is 1. The Morgan fingerprint density at radius 1 is 1.22 bits per heavy atom. The van der Waals surface area contributed by atoms with Gasteiger partial charge in [-0.15, -0.1) is 0 Å². The van der Waals surface area contributed by atoms with Crippen molar-refractivity contribution in [1.82, 2.24) is 15.1 Å². The van der Waals surface area contributed by atoms with E-state index in [0.717, 1.165) is 39.1 Å². The topological polar surface area (TPSA) is 35.6 Å². The van der Waals surface area contributed by atoms with E-state index in [-0.39, 0.29) is 0 Å². The lowest BCUT2D eigenvalue weighted by Crippen LogP contribution is -2.45. The van der Waals surface area contributed by atoms with E-state index in [2.05, 4.69) is 29.0 Å². The monoisotopic (exact) mass is 253 g/mol. The summed E-state index contributed by atoms with van der Waals surface area (Å²) in [6.07, 6.45) is 3.52. The quantitative estimate of drug-likeness (QED) is 0.813. The normalized spacial score (nSPS) is 26.6. The van der Waals surface area contributed by atoms with Gasteiger partial charge >= 0.3 is 0 Å². The fourth-order valence-corrected chi connectivity index (χ4v) is 3.14. The standard InChI is InChI=1S/C14H27N3O/c1-12(2)13-5-3-9-17(13)14(18)11-16-8-4-6-15-7-10-16/h12-13,15H,3-11H2,1-2H3. The molecule has 1 atom stereocenters. The lowest BCUT2D eigenvalue weighted by molar-refractivity contribution is -0.133. The molecule has 2 heterocycles. The van der Waals surface area contributed by atoms with Gasteiger partial charge in [-0.2, -0.15) is 0 Å². The number of carbonyl (C=O) groups is 1. The zero-order valence-corrected chi connectivity index (χ0v) is 11.8. The summed E-state index contributed by atoms with van der Waals surface area (Å²) in [6, 6.07) is 0.475. The summed E-state index contributed by atoms with van der Waals surface area (Å²) in [5, 5.41) is 3.38. The second-order valence-corrected chi connectivity index (χ2v) is 5.92. The van der Waals surface area contributed by atoms with Gasteiger partial charge in [0.05, 0.1) is 6.54 Å². The molecule has 0 spiro atoms. The molecule has 1 unspecified atom stereocenters. The van der Waals surface area contributed by atoms with Crippen LogP contribution in [0.15, 0.2) is 0 Å². The summed E-state index contributed by atoms with van der Waals surface area (Å²) in [5.41, 5.74) is 0. The molecule has 0 aromatic rings. The SMILES string of the molecule is CC(C)C1CCCN1C(=O)CN1CCCNCC1. The Morgan fingerprint density at radius 2 is 2.06 bits per heavy atom. The molecule has 104 valence electrons. The van der Waals surface area contributed by atoms with Crippen LogP contribution in [0.2, 0.25) is 0 Å². The van der Waals surface area contributed by atoms with Crippen molar-refractivity contribution < 1.29 is 4.79 Å². The number of nitrogens with zero attached hydrogens (tertiary/aromatic N) is 2. The van der Waals surface area contributed by atoms with Gasteiger partial charge < -0.3 is 10.2 Å². The molecule has 0 aromatic carbocycles. The molecule has 2 saturated heterocycles. The second kappa shape index (κ2) is 6.53. The first-order valence-electron chi connectivity index (χ1n) is 7.41. The highest BCUT2D eigenvalue weighted by molar-refractivity contribution is 5.79. The minimum absolute atomic E-state index is 0.341. The van der Waals surface area contributed by atoms with Crippen LogP contribution in [0.4, 0.5) is 0 Å². The molecule has 0 bridgehead atoms. The smallest absolute Gasteiger partial charge is 0.237 e. The van der Waals surface area contributed by atoms with E-state index in [1.54, 1.807) is 0 Å². The Kier molecular flexibility index (Phi) is 5.01. The van der Waals surface area contributed by atoms with Gasteiger partial charge in [0.1, 0.15) is 0 Å². The molecular weight excluding hydrogens is 226 g/mol. The van der Waals surface area contributed by atoms with Crippen molar-refractivity contribution in [2.45, 2.75) is 39.2 Å². The van der Waals surface area contributed by atoms with Crippen molar-refractivity contribution in [1.29, 1.82) is 0 Å². The van der Waals surface area contributed by atoms with Gasteiger partial charge in [-0.3, -0.25) is 9.69 Å². The van der Waals surface area contributed by atoms with Crippen LogP contribution in [0.1, 0.15) is 33.1 Å². The molecule has 4 heteroatoms. The molecule has 1 amide bonds. The van der Waals surface area contributed by atoms with Gasteiger partial charge in [-0.1, -0.05) is 13.8 Å². The van der Waals surface area contributed by atoms with Crippen LogP contribution in [0, 0.1) is 5.92 Å². The molecule has 2 rings (SSSR count). The van der Waals surface area contributed by atoms with Crippen LogP contribution in [-0.4, -0.2) is 61.0 Å². The van der Waals surface area contributed by atoms with Crippen LogP contribution in [-0.2, 0) is 4.79 Å². The highest BCUT2D eigenvalue weighted by atomic mass is 16.2. The molecule has 1 N–H and O–H groups in total. The third-order valence-electron chi connectivity index (χ3n) is 4.18. The maximum atomic E-state index is 12.4. The van der Waals surface area contributed by atoms with Gasteiger partial charge in [-0.05, 0) is 38.3 Å². The zero-order valence-electron chi connectivity index (χ0n) is 11.8. The highest BCUT2D eigenvalue weighted by Crippen LogP contribution is 2.23. The number of likely N-dealkylation sites (tertiary alicyclic amines) is 1. The summed E-state index contributed by atoms with van der Waals surface area (Å²) in [6.45, 7) is 10.2. The average Bonchev–Trinajstić information content (AvgIpc) is 2.70. The molecule has 2 fully saturated rings. The van der Waals surface area contributed by atoms with Crippen molar-refractivity contribution in [2.75, 3.05) is 39.3 Å². The van der Waals surface area contributed by atoms with Gasteiger partial charge in [0.2, 0.25) is 5.91 Å². The van der Waals surface area contributed by atoms with Crippen LogP contribution in [0.5, 0.6) is 0 Å². The fraction of sp³-hybridized carbons (Fsp3) is 0.929. The summed E-state index contributed by atoms with van der Waals surface area (Å²) < 4.78 is 0. The maximum Gasteiger partial charge on any atom is 0.237 e. The maximum absolute atomic E-state index is 12.4. The first-order chi connectivity index (χ1) is 8.68. The number of rotatable bonds is 3. The van der Waals surface area contributed by atoms with E-state index < -0.39 is 0 Å². The summed E-state index contributed by atoms with van der Waals surface area (Å²) in [7, 11) is 0. The molecule has 2 aliphatic heterocycles. The molecule has 4 nitrogen and oxygen atoms in total. The number of nitrogens with one attached hydrogen (secondary N) is 1. The average molecular weight is 253 g/mol. The lowest BCUT2D eigenvalue weighted by atomic mass is 10.0. The Morgan fingerprint density at radius 3 is 2.83 bits per heavy atom. The third kappa shape index (κ3) is 3.45. The molecule has 0 aliphatic carbocycles. The van der Waals surface area contributed by atoms with Gasteiger partial charge in [-0.25, -0.2) is 0 Å². The van der Waals surface area contributed by atoms with Crippen LogP contribution in [0.25, 0.3) is 0 Å². The van der Waals surface area contributed by atoms with Crippen molar-refractivity contribution >= 4 is 5.91 Å². The molecule has 2 aliphatic rings. The first-order valence-corrected chi connectivity index (χ1v) is 7.41. The third-order valence-corrected chi connectivity index (χ3v) is 4.18. The predicted molar refractivity (Wildman–Crippen MR) is 73.5 cm³/mol. The highest BCUT2D eigenvalue weighted by Gasteiger charge is 2.31. The minimum atomic E-state index is 0.341. The predicted octanol–water partition coefficient (Wildman–Crippen LogP) is 0.929. The summed E-state index contributed by atoms with van der Waals surface area (Å²) >= 11 is 0. The lowest BCUT2D eigenvalue weighted by Gasteiger charge is -2.30. The fourth-order valence-electron chi connectivity index (χ4n) is 3.14.